The Kier molecular flexibility index (Phi) is 6.74. The van der Waals surface area contributed by atoms with Crippen LogP contribution in [0.1, 0.15) is 24.8 Å². The number of aromatic nitrogens is 1. The summed E-state index contributed by atoms with van der Waals surface area (Å²) in [6.45, 7) is 5.76. The zero-order chi connectivity index (χ0) is 22.0. The Morgan fingerprint density at radius 3 is 2.71 bits per heavy atom. The minimum atomic E-state index is -3.95. The number of nitrogens with zero attached hydrogens (tertiary/aromatic N) is 2. The van der Waals surface area contributed by atoms with Gasteiger partial charge in [-0.2, -0.15) is 0 Å². The molecule has 31 heavy (non-hydrogen) atoms. The van der Waals surface area contributed by atoms with Gasteiger partial charge >= 0.3 is 194 Å². The topological polar surface area (TPSA) is 61.5 Å². The number of allylic oxidation sites excluding steroid dienone is 2. The molecule has 0 saturated heterocycles. The maximum absolute atomic E-state index is 11.2. The molecule has 2 heterocycles. The Balaban J connectivity index is 1.65. The van der Waals surface area contributed by atoms with Crippen LogP contribution in [0.3, 0.4) is 0 Å². The fourth-order valence-corrected chi connectivity index (χ4v) is 7.96. The predicted molar refractivity (Wildman–Crippen MR) is 129 cm³/mol. The molecule has 0 fully saturated rings. The second-order valence-electron chi connectivity index (χ2n) is 7.38. The summed E-state index contributed by atoms with van der Waals surface area (Å²) in [5.41, 5.74) is 3.56. The van der Waals surface area contributed by atoms with Gasteiger partial charge in [-0.1, -0.05) is 0 Å². The molecular formula is C23H25N2O3S2Se+. The molecule has 0 atom stereocenters. The van der Waals surface area contributed by atoms with Crippen LogP contribution < -0.4 is 9.47 Å². The molecule has 1 aromatic heterocycles. The number of hydrogen-bond donors (Lipinski definition) is 1. The van der Waals surface area contributed by atoms with Gasteiger partial charge < -0.3 is 0 Å². The van der Waals surface area contributed by atoms with Crippen LogP contribution in [-0.2, 0) is 16.7 Å². The number of rotatable bonds is 7. The number of thioether (sulfide) groups is 1. The standard InChI is InChI=1S/C23H24N2O3S2Se/c1-3-24-18-9-4-6-11-20(18)29-22(24)15-17(2)16-23-25(13-8-14-30(26,27)28)19-10-5-7-12-21(19)31-23/h4-7,9-12,15-16H,3,8,13-14H2,1-2H3/p+1. The van der Waals surface area contributed by atoms with Crippen molar-refractivity contribution in [2.24, 2.45) is 0 Å². The van der Waals surface area contributed by atoms with Crippen molar-refractivity contribution in [1.29, 1.82) is 0 Å². The second kappa shape index (κ2) is 9.35. The fourth-order valence-electron chi connectivity index (χ4n) is 3.71. The van der Waals surface area contributed by atoms with Gasteiger partial charge in [0.05, 0.1) is 0 Å². The van der Waals surface area contributed by atoms with Gasteiger partial charge in [-0.25, -0.2) is 0 Å². The van der Waals surface area contributed by atoms with Crippen LogP contribution >= 0.6 is 11.8 Å². The normalized spacial score (nSPS) is 15.8. The van der Waals surface area contributed by atoms with Crippen molar-refractivity contribution in [3.8, 4) is 0 Å². The number of hydrogen-bond acceptors (Lipinski definition) is 4. The molecule has 0 bridgehead atoms. The van der Waals surface area contributed by atoms with Gasteiger partial charge in [0.25, 0.3) is 0 Å². The van der Waals surface area contributed by atoms with Crippen LogP contribution in [0.25, 0.3) is 15.9 Å². The molecule has 162 valence electrons. The van der Waals surface area contributed by atoms with E-state index in [1.165, 1.54) is 30.0 Å². The van der Waals surface area contributed by atoms with Crippen LogP contribution in [0.15, 0.2) is 70.1 Å². The van der Waals surface area contributed by atoms with E-state index in [2.05, 4.69) is 71.9 Å². The molecule has 2 aromatic carbocycles. The summed E-state index contributed by atoms with van der Waals surface area (Å²) < 4.78 is 36.1. The van der Waals surface area contributed by atoms with Gasteiger partial charge in [0, 0.05) is 0 Å². The van der Waals surface area contributed by atoms with E-state index in [-0.39, 0.29) is 20.3 Å². The van der Waals surface area contributed by atoms with Gasteiger partial charge in [-0.05, 0) is 0 Å². The van der Waals surface area contributed by atoms with Crippen molar-refractivity contribution in [3.63, 3.8) is 0 Å². The molecule has 0 radical (unpaired) electrons. The summed E-state index contributed by atoms with van der Waals surface area (Å²) in [5.74, 6) is -0.223. The first-order valence-electron chi connectivity index (χ1n) is 10.2. The average Bonchev–Trinajstić information content (AvgIpc) is 3.24. The number of para-hydroxylation sites is 2. The molecule has 8 heteroatoms. The average molecular weight is 521 g/mol. The quantitative estimate of drug-likeness (QED) is 0.285. The Morgan fingerprint density at radius 2 is 1.94 bits per heavy atom. The molecule has 1 N–H and O–H groups in total. The second-order valence-corrected chi connectivity index (χ2v) is 12.2. The summed E-state index contributed by atoms with van der Waals surface area (Å²) in [5, 5.41) is 1.22. The zero-order valence-electron chi connectivity index (χ0n) is 17.5. The minimum absolute atomic E-state index is 0.157. The van der Waals surface area contributed by atoms with Gasteiger partial charge in [0.15, 0.2) is 0 Å². The van der Waals surface area contributed by atoms with Crippen LogP contribution in [0, 0.1) is 0 Å². The number of fused-ring (bicyclic) bond motifs is 2. The molecule has 0 spiro atoms. The molecule has 3 aromatic rings. The molecule has 4 rings (SSSR count). The first-order chi connectivity index (χ1) is 14.9. The molecule has 0 unspecified atom stereocenters. The molecule has 0 amide bonds. The summed E-state index contributed by atoms with van der Waals surface area (Å²) in [6, 6.07) is 16.8. The van der Waals surface area contributed by atoms with E-state index in [0.29, 0.717) is 13.0 Å². The van der Waals surface area contributed by atoms with E-state index in [0.717, 1.165) is 12.1 Å². The summed E-state index contributed by atoms with van der Waals surface area (Å²) >= 11 is 1.95. The van der Waals surface area contributed by atoms with Crippen molar-refractivity contribution in [2.45, 2.75) is 31.7 Å². The van der Waals surface area contributed by atoms with Gasteiger partial charge in [-0.3, -0.25) is 0 Å². The van der Waals surface area contributed by atoms with E-state index >= 15 is 0 Å². The van der Waals surface area contributed by atoms with E-state index < -0.39 is 10.1 Å². The van der Waals surface area contributed by atoms with Crippen molar-refractivity contribution in [2.75, 3.05) is 17.2 Å². The van der Waals surface area contributed by atoms with E-state index in [1.54, 1.807) is 11.8 Å². The maximum atomic E-state index is 11.2. The summed E-state index contributed by atoms with van der Waals surface area (Å²) in [7, 11) is -3.95. The molecule has 0 aliphatic carbocycles. The number of anilines is 1. The first-order valence-corrected chi connectivity index (χ1v) is 14.3. The first kappa shape index (κ1) is 22.4. The van der Waals surface area contributed by atoms with Crippen molar-refractivity contribution in [1.82, 2.24) is 0 Å². The Bertz CT molecular complexity index is 1280. The molecule has 5 nitrogen and oxygen atoms in total. The third kappa shape index (κ3) is 5.16. The summed E-state index contributed by atoms with van der Waals surface area (Å²) in [6.07, 6.45) is 4.84. The number of aryl methyl sites for hydroxylation is 1. The van der Waals surface area contributed by atoms with Crippen molar-refractivity contribution >= 4 is 57.9 Å². The molecule has 0 saturated carbocycles. The van der Waals surface area contributed by atoms with E-state index in [9.17, 15) is 8.42 Å². The fraction of sp³-hybridized carbons (Fsp3) is 0.261. The third-order valence-corrected chi connectivity index (χ3v) is 9.33. The number of benzene rings is 2. The van der Waals surface area contributed by atoms with E-state index in [1.807, 2.05) is 12.1 Å². The Morgan fingerprint density at radius 1 is 1.19 bits per heavy atom. The SMILES string of the molecule is CCN1C(=CC(C)=Cc2[se]c3ccccc3[n+]2CCCS(=O)(=O)O)Sc2ccccc21. The van der Waals surface area contributed by atoms with Crippen molar-refractivity contribution in [3.05, 3.63) is 69.8 Å². The zero-order valence-corrected chi connectivity index (χ0v) is 20.8. The molecule has 1 aliphatic rings. The van der Waals surface area contributed by atoms with Gasteiger partial charge in [0.1, 0.15) is 0 Å². The molecular weight excluding hydrogens is 495 g/mol. The third-order valence-electron chi connectivity index (χ3n) is 5.08. The Hall–Kier alpha value is -1.83. The van der Waals surface area contributed by atoms with Crippen LogP contribution in [0.2, 0.25) is 0 Å². The van der Waals surface area contributed by atoms with Crippen LogP contribution in [0.4, 0.5) is 5.69 Å². The van der Waals surface area contributed by atoms with Gasteiger partial charge in [0.2, 0.25) is 0 Å². The van der Waals surface area contributed by atoms with Crippen LogP contribution in [0.5, 0.6) is 0 Å². The van der Waals surface area contributed by atoms with Gasteiger partial charge in [-0.15, -0.1) is 0 Å². The monoisotopic (exact) mass is 521 g/mol. The Labute approximate surface area is 193 Å². The van der Waals surface area contributed by atoms with Crippen LogP contribution in [-0.4, -0.2) is 39.8 Å². The van der Waals surface area contributed by atoms with E-state index in [4.69, 9.17) is 4.55 Å². The summed E-state index contributed by atoms with van der Waals surface area (Å²) in [4.78, 5) is 3.61. The molecule has 1 aliphatic heterocycles. The van der Waals surface area contributed by atoms with Crippen molar-refractivity contribution < 1.29 is 17.5 Å². The predicted octanol–water partition coefficient (Wildman–Crippen LogP) is 4.34.